The zero-order chi connectivity index (χ0) is 15.4. The van der Waals surface area contributed by atoms with Gasteiger partial charge >= 0.3 is 7.12 Å². The molecule has 0 aliphatic rings. The summed E-state index contributed by atoms with van der Waals surface area (Å²) in [5, 5.41) is 23.1. The Morgan fingerprint density at radius 1 is 1.33 bits per heavy atom. The van der Waals surface area contributed by atoms with Crippen molar-refractivity contribution in [2.24, 2.45) is 7.05 Å². The van der Waals surface area contributed by atoms with E-state index in [4.69, 9.17) is 4.74 Å². The van der Waals surface area contributed by atoms with Gasteiger partial charge < -0.3 is 14.8 Å². The van der Waals surface area contributed by atoms with Crippen LogP contribution in [0.2, 0.25) is 0 Å². The lowest BCUT2D eigenvalue weighted by atomic mass is 9.77. The van der Waals surface area contributed by atoms with E-state index in [9.17, 15) is 10.0 Å². The van der Waals surface area contributed by atoms with Crippen LogP contribution < -0.4 is 10.2 Å². The molecule has 1 aromatic heterocycles. The Balaban J connectivity index is 2.13. The highest BCUT2D eigenvalue weighted by atomic mass is 16.5. The molecule has 2 N–H and O–H groups in total. The van der Waals surface area contributed by atoms with E-state index in [-0.39, 0.29) is 0 Å². The molecule has 1 aromatic carbocycles. The third kappa shape index (κ3) is 4.07. The number of aryl methyl sites for hydroxylation is 1. The van der Waals surface area contributed by atoms with E-state index in [1.165, 1.54) is 0 Å². The molecule has 0 aliphatic carbocycles. The van der Waals surface area contributed by atoms with Crippen molar-refractivity contribution in [1.82, 2.24) is 14.7 Å². The van der Waals surface area contributed by atoms with E-state index in [0.29, 0.717) is 17.8 Å². The zero-order valence-corrected chi connectivity index (χ0v) is 12.5. The van der Waals surface area contributed by atoms with Crippen LogP contribution in [0.15, 0.2) is 30.6 Å². The molecular weight excluding hydrogens is 269 g/mol. The molecule has 0 saturated carbocycles. The number of hydrogen-bond donors (Lipinski definition) is 2. The fourth-order valence-electron chi connectivity index (χ4n) is 2.31. The van der Waals surface area contributed by atoms with Crippen LogP contribution in [0, 0.1) is 0 Å². The Morgan fingerprint density at radius 2 is 2.10 bits per heavy atom. The zero-order valence-electron chi connectivity index (χ0n) is 12.5. The van der Waals surface area contributed by atoms with Crippen molar-refractivity contribution < 1.29 is 14.8 Å². The fourth-order valence-corrected chi connectivity index (χ4v) is 2.31. The predicted octanol–water partition coefficient (Wildman–Crippen LogP) is -0.260. The Labute approximate surface area is 124 Å². The van der Waals surface area contributed by atoms with Crippen LogP contribution in [-0.2, 0) is 20.1 Å². The summed E-state index contributed by atoms with van der Waals surface area (Å²) in [7, 11) is 3.96. The second-order valence-corrected chi connectivity index (χ2v) is 5.13. The van der Waals surface area contributed by atoms with Gasteiger partial charge in [-0.25, -0.2) is 0 Å². The molecule has 2 rings (SSSR count). The van der Waals surface area contributed by atoms with Gasteiger partial charge in [-0.3, -0.25) is 9.58 Å². The van der Waals surface area contributed by atoms with Crippen molar-refractivity contribution in [3.05, 3.63) is 41.7 Å². The first kappa shape index (κ1) is 15.6. The second-order valence-electron chi connectivity index (χ2n) is 5.13. The number of methoxy groups -OCH3 is 1. The molecule has 0 bridgehead atoms. The largest absolute Gasteiger partial charge is 0.497 e. The Bertz CT molecular complexity index is 601. The van der Waals surface area contributed by atoms with Crippen LogP contribution in [0.4, 0.5) is 0 Å². The third-order valence-corrected chi connectivity index (χ3v) is 3.28. The molecule has 0 aliphatic heterocycles. The average Bonchev–Trinajstić information content (AvgIpc) is 2.83. The SMILES string of the molecule is COc1ccc(B(O)O)c(CN(C)Cc2cnn(C)c2)c1. The maximum atomic E-state index is 9.46. The maximum Gasteiger partial charge on any atom is 0.488 e. The number of hydrogen-bond acceptors (Lipinski definition) is 5. The summed E-state index contributed by atoms with van der Waals surface area (Å²) in [5.74, 6) is 0.698. The molecule has 0 saturated heterocycles. The summed E-state index contributed by atoms with van der Waals surface area (Å²) in [6, 6.07) is 5.23. The number of rotatable bonds is 6. The summed E-state index contributed by atoms with van der Waals surface area (Å²) in [6.45, 7) is 1.31. The molecule has 7 heteroatoms. The molecule has 0 unspecified atom stereocenters. The van der Waals surface area contributed by atoms with Crippen molar-refractivity contribution in [2.75, 3.05) is 14.2 Å². The summed E-state index contributed by atoms with van der Waals surface area (Å²) < 4.78 is 6.96. The Morgan fingerprint density at radius 3 is 2.67 bits per heavy atom. The van der Waals surface area contributed by atoms with Crippen molar-refractivity contribution in [3.63, 3.8) is 0 Å². The quantitative estimate of drug-likeness (QED) is 0.717. The van der Waals surface area contributed by atoms with E-state index in [0.717, 1.165) is 17.7 Å². The topological polar surface area (TPSA) is 70.8 Å². The van der Waals surface area contributed by atoms with E-state index in [1.54, 1.807) is 23.9 Å². The highest BCUT2D eigenvalue weighted by Crippen LogP contribution is 2.14. The van der Waals surface area contributed by atoms with Gasteiger partial charge in [0.1, 0.15) is 5.75 Å². The summed E-state index contributed by atoms with van der Waals surface area (Å²) in [6.07, 6.45) is 3.79. The summed E-state index contributed by atoms with van der Waals surface area (Å²) in [4.78, 5) is 2.08. The molecule has 2 aromatic rings. The standard InChI is InChI=1S/C14H20BN3O3/c1-17(8-11-7-16-18(2)9-11)10-12-6-13(21-3)4-5-14(12)15(19)20/h4-7,9,19-20H,8,10H2,1-3H3. The van der Waals surface area contributed by atoms with E-state index >= 15 is 0 Å². The van der Waals surface area contributed by atoms with Gasteiger partial charge in [-0.2, -0.15) is 5.10 Å². The van der Waals surface area contributed by atoms with Crippen molar-refractivity contribution in [2.45, 2.75) is 13.1 Å². The molecule has 21 heavy (non-hydrogen) atoms. The van der Waals surface area contributed by atoms with Crippen molar-refractivity contribution in [1.29, 1.82) is 0 Å². The minimum absolute atomic E-state index is 0.494. The van der Waals surface area contributed by atoms with Gasteiger partial charge in [-0.15, -0.1) is 0 Å². The minimum Gasteiger partial charge on any atom is -0.497 e. The molecule has 1 heterocycles. The Kier molecular flexibility index (Phi) is 5.00. The number of nitrogens with zero attached hydrogens (tertiary/aromatic N) is 3. The van der Waals surface area contributed by atoms with Gasteiger partial charge in [0.2, 0.25) is 0 Å². The first-order valence-corrected chi connectivity index (χ1v) is 6.68. The maximum absolute atomic E-state index is 9.46. The fraction of sp³-hybridized carbons (Fsp3) is 0.357. The first-order valence-electron chi connectivity index (χ1n) is 6.68. The van der Waals surface area contributed by atoms with Gasteiger partial charge in [0.15, 0.2) is 0 Å². The monoisotopic (exact) mass is 289 g/mol. The molecule has 0 spiro atoms. The van der Waals surface area contributed by atoms with Crippen molar-refractivity contribution >= 4 is 12.6 Å². The molecule has 0 fully saturated rings. The van der Waals surface area contributed by atoms with E-state index < -0.39 is 7.12 Å². The van der Waals surface area contributed by atoms with Gasteiger partial charge in [0.05, 0.1) is 13.3 Å². The predicted molar refractivity (Wildman–Crippen MR) is 81.2 cm³/mol. The van der Waals surface area contributed by atoms with Crippen LogP contribution in [0.25, 0.3) is 0 Å². The normalized spacial score (nSPS) is 11.0. The smallest absolute Gasteiger partial charge is 0.488 e. The first-order chi connectivity index (χ1) is 9.99. The Hall–Kier alpha value is -1.83. The van der Waals surface area contributed by atoms with Crippen LogP contribution >= 0.6 is 0 Å². The van der Waals surface area contributed by atoms with E-state index in [1.807, 2.05) is 32.6 Å². The van der Waals surface area contributed by atoms with Crippen LogP contribution in [-0.4, -0.2) is 46.0 Å². The number of aromatic nitrogens is 2. The minimum atomic E-state index is -1.49. The average molecular weight is 289 g/mol. The van der Waals surface area contributed by atoms with Gasteiger partial charge in [-0.05, 0) is 30.2 Å². The lowest BCUT2D eigenvalue weighted by Crippen LogP contribution is -2.35. The number of benzene rings is 1. The van der Waals surface area contributed by atoms with Gasteiger partial charge in [0, 0.05) is 31.9 Å². The summed E-state index contributed by atoms with van der Waals surface area (Å²) in [5.41, 5.74) is 2.43. The molecule has 0 amide bonds. The van der Waals surface area contributed by atoms with E-state index in [2.05, 4.69) is 10.00 Å². The second kappa shape index (κ2) is 6.75. The van der Waals surface area contributed by atoms with Crippen molar-refractivity contribution in [3.8, 4) is 5.75 Å². The molecule has 0 radical (unpaired) electrons. The molecular formula is C14H20BN3O3. The molecule has 6 nitrogen and oxygen atoms in total. The van der Waals surface area contributed by atoms with Crippen LogP contribution in [0.1, 0.15) is 11.1 Å². The molecule has 112 valence electrons. The molecule has 0 atom stereocenters. The number of ether oxygens (including phenoxy) is 1. The third-order valence-electron chi connectivity index (χ3n) is 3.28. The highest BCUT2D eigenvalue weighted by molar-refractivity contribution is 6.59. The van der Waals surface area contributed by atoms with Gasteiger partial charge in [-0.1, -0.05) is 6.07 Å². The summed E-state index contributed by atoms with van der Waals surface area (Å²) >= 11 is 0. The van der Waals surface area contributed by atoms with Crippen LogP contribution in [0.3, 0.4) is 0 Å². The lowest BCUT2D eigenvalue weighted by Gasteiger charge is -2.18. The highest BCUT2D eigenvalue weighted by Gasteiger charge is 2.17. The van der Waals surface area contributed by atoms with Crippen LogP contribution in [0.5, 0.6) is 5.75 Å². The van der Waals surface area contributed by atoms with Gasteiger partial charge in [0.25, 0.3) is 0 Å². The lowest BCUT2D eigenvalue weighted by molar-refractivity contribution is 0.318.